The summed E-state index contributed by atoms with van der Waals surface area (Å²) in [6, 6.07) is 2.33. The van der Waals surface area contributed by atoms with Crippen LogP contribution in [0.1, 0.15) is 12.7 Å². The van der Waals surface area contributed by atoms with Crippen molar-refractivity contribution in [3.8, 4) is 0 Å². The van der Waals surface area contributed by atoms with Crippen molar-refractivity contribution in [2.75, 3.05) is 38.7 Å². The number of hydrogen-bond donors (Lipinski definition) is 0. The second-order valence-electron chi connectivity index (χ2n) is 4.67. The predicted octanol–water partition coefficient (Wildman–Crippen LogP) is 1.42. The zero-order valence-corrected chi connectivity index (χ0v) is 11.8. The Bertz CT molecular complexity index is 415. The average Bonchev–Trinajstić information content (AvgIpc) is 2.32. The SMILES string of the molecule is COCc1nc(Cl)cc(N2CCN(C)C(C)C2)n1. The Balaban J connectivity index is 2.17. The lowest BCUT2D eigenvalue weighted by atomic mass is 10.2. The van der Waals surface area contributed by atoms with Gasteiger partial charge in [0.2, 0.25) is 0 Å². The largest absolute Gasteiger partial charge is 0.377 e. The van der Waals surface area contributed by atoms with E-state index in [1.165, 1.54) is 0 Å². The summed E-state index contributed by atoms with van der Waals surface area (Å²) in [5.74, 6) is 1.52. The molecule has 0 radical (unpaired) electrons. The number of piperazine rings is 1. The number of methoxy groups -OCH3 is 1. The smallest absolute Gasteiger partial charge is 0.158 e. The molecule has 1 aromatic heterocycles. The highest BCUT2D eigenvalue weighted by molar-refractivity contribution is 6.29. The number of halogens is 1. The third-order valence-corrected chi connectivity index (χ3v) is 3.48. The van der Waals surface area contributed by atoms with Crippen LogP contribution in [0.15, 0.2) is 6.07 Å². The topological polar surface area (TPSA) is 41.5 Å². The predicted molar refractivity (Wildman–Crippen MR) is 72.1 cm³/mol. The summed E-state index contributed by atoms with van der Waals surface area (Å²) in [7, 11) is 3.77. The lowest BCUT2D eigenvalue weighted by Crippen LogP contribution is -2.50. The average molecular weight is 271 g/mol. The molecule has 6 heteroatoms. The van der Waals surface area contributed by atoms with Crippen LogP contribution in [0.2, 0.25) is 5.15 Å². The number of ether oxygens (including phenoxy) is 1. The molecule has 0 spiro atoms. The van der Waals surface area contributed by atoms with Crippen molar-refractivity contribution in [3.63, 3.8) is 0 Å². The maximum absolute atomic E-state index is 6.03. The number of likely N-dealkylation sites (N-methyl/N-ethyl adjacent to an activating group) is 1. The van der Waals surface area contributed by atoms with Crippen molar-refractivity contribution < 1.29 is 4.74 Å². The van der Waals surface area contributed by atoms with Crippen LogP contribution < -0.4 is 4.90 Å². The van der Waals surface area contributed by atoms with Crippen molar-refractivity contribution in [1.29, 1.82) is 0 Å². The molecule has 1 aromatic rings. The quantitative estimate of drug-likeness (QED) is 0.777. The first-order valence-corrected chi connectivity index (χ1v) is 6.45. The third kappa shape index (κ3) is 3.10. The van der Waals surface area contributed by atoms with Gasteiger partial charge in [0, 0.05) is 38.9 Å². The molecule has 0 bridgehead atoms. The van der Waals surface area contributed by atoms with E-state index in [-0.39, 0.29) is 0 Å². The van der Waals surface area contributed by atoms with Crippen molar-refractivity contribution in [3.05, 3.63) is 17.0 Å². The van der Waals surface area contributed by atoms with E-state index in [2.05, 4.69) is 33.7 Å². The van der Waals surface area contributed by atoms with Gasteiger partial charge in [0.1, 0.15) is 17.6 Å². The van der Waals surface area contributed by atoms with Gasteiger partial charge in [-0.05, 0) is 14.0 Å². The van der Waals surface area contributed by atoms with Crippen LogP contribution in [0, 0.1) is 0 Å². The Morgan fingerprint density at radius 1 is 1.44 bits per heavy atom. The van der Waals surface area contributed by atoms with Gasteiger partial charge in [-0.1, -0.05) is 11.6 Å². The Labute approximate surface area is 113 Å². The van der Waals surface area contributed by atoms with Gasteiger partial charge in [-0.15, -0.1) is 0 Å². The van der Waals surface area contributed by atoms with Crippen molar-refractivity contribution in [2.24, 2.45) is 0 Å². The molecule has 1 aliphatic heterocycles. The highest BCUT2D eigenvalue weighted by atomic mass is 35.5. The lowest BCUT2D eigenvalue weighted by molar-refractivity contribution is 0.177. The van der Waals surface area contributed by atoms with Gasteiger partial charge in [-0.3, -0.25) is 0 Å². The molecule has 1 unspecified atom stereocenters. The van der Waals surface area contributed by atoms with Gasteiger partial charge in [0.05, 0.1) is 0 Å². The Hall–Kier alpha value is -0.910. The number of nitrogens with zero attached hydrogens (tertiary/aromatic N) is 4. The van der Waals surface area contributed by atoms with Crippen molar-refractivity contribution >= 4 is 17.4 Å². The Morgan fingerprint density at radius 3 is 2.89 bits per heavy atom. The highest BCUT2D eigenvalue weighted by Gasteiger charge is 2.22. The summed E-state index contributed by atoms with van der Waals surface area (Å²) >= 11 is 6.03. The molecule has 1 saturated heterocycles. The molecule has 2 heterocycles. The molecule has 5 nitrogen and oxygen atoms in total. The molecular weight excluding hydrogens is 252 g/mol. The summed E-state index contributed by atoms with van der Waals surface area (Å²) in [6.07, 6.45) is 0. The van der Waals surface area contributed by atoms with Crippen molar-refractivity contribution in [1.82, 2.24) is 14.9 Å². The van der Waals surface area contributed by atoms with Crippen LogP contribution in [0.5, 0.6) is 0 Å². The van der Waals surface area contributed by atoms with Gasteiger partial charge in [0.15, 0.2) is 5.82 Å². The summed E-state index contributed by atoms with van der Waals surface area (Å²) in [5, 5.41) is 0.471. The molecule has 0 aliphatic carbocycles. The van der Waals surface area contributed by atoms with E-state index in [0.717, 1.165) is 25.5 Å². The molecule has 0 N–H and O–H groups in total. The fourth-order valence-corrected chi connectivity index (χ4v) is 2.26. The normalized spacial score (nSPS) is 21.3. The molecule has 0 amide bonds. The molecule has 1 fully saturated rings. The zero-order valence-electron chi connectivity index (χ0n) is 11.1. The van der Waals surface area contributed by atoms with Crippen LogP contribution in [0.4, 0.5) is 5.82 Å². The van der Waals surface area contributed by atoms with E-state index in [1.807, 2.05) is 6.07 Å². The molecule has 0 aromatic carbocycles. The summed E-state index contributed by atoms with van der Waals surface area (Å²) in [5.41, 5.74) is 0. The van der Waals surface area contributed by atoms with E-state index < -0.39 is 0 Å². The summed E-state index contributed by atoms with van der Waals surface area (Å²) < 4.78 is 5.05. The van der Waals surface area contributed by atoms with Crippen LogP contribution in [-0.2, 0) is 11.3 Å². The van der Waals surface area contributed by atoms with Crippen LogP contribution in [0.3, 0.4) is 0 Å². The fraction of sp³-hybridized carbons (Fsp3) is 0.667. The number of aromatic nitrogens is 2. The maximum Gasteiger partial charge on any atom is 0.158 e. The Kier molecular flexibility index (Phi) is 4.37. The standard InChI is InChI=1S/C12H19ClN4O/c1-9-7-17(5-4-16(9)2)12-6-10(13)14-11(15-12)8-18-3/h6,9H,4-5,7-8H2,1-3H3. The monoisotopic (exact) mass is 270 g/mol. The number of hydrogen-bond acceptors (Lipinski definition) is 5. The van der Waals surface area contributed by atoms with Gasteiger partial charge >= 0.3 is 0 Å². The van der Waals surface area contributed by atoms with E-state index in [0.29, 0.717) is 23.6 Å². The third-order valence-electron chi connectivity index (χ3n) is 3.28. The second kappa shape index (κ2) is 5.82. The van der Waals surface area contributed by atoms with Gasteiger partial charge < -0.3 is 14.5 Å². The minimum absolute atomic E-state index is 0.386. The summed E-state index contributed by atoms with van der Waals surface area (Å²) in [4.78, 5) is 13.2. The Morgan fingerprint density at radius 2 is 2.22 bits per heavy atom. The first-order valence-electron chi connectivity index (χ1n) is 6.07. The lowest BCUT2D eigenvalue weighted by Gasteiger charge is -2.38. The molecule has 2 rings (SSSR count). The molecule has 1 atom stereocenters. The fourth-order valence-electron chi connectivity index (χ4n) is 2.06. The van der Waals surface area contributed by atoms with Gasteiger partial charge in [-0.25, -0.2) is 9.97 Å². The maximum atomic E-state index is 6.03. The first-order chi connectivity index (χ1) is 8.60. The highest BCUT2D eigenvalue weighted by Crippen LogP contribution is 2.19. The van der Waals surface area contributed by atoms with Crippen LogP contribution in [-0.4, -0.2) is 54.7 Å². The van der Waals surface area contributed by atoms with E-state index in [9.17, 15) is 0 Å². The van der Waals surface area contributed by atoms with Crippen LogP contribution in [0.25, 0.3) is 0 Å². The summed E-state index contributed by atoms with van der Waals surface area (Å²) in [6.45, 7) is 5.54. The second-order valence-corrected chi connectivity index (χ2v) is 5.06. The molecule has 0 saturated carbocycles. The van der Waals surface area contributed by atoms with E-state index in [1.54, 1.807) is 7.11 Å². The molecule has 1 aliphatic rings. The van der Waals surface area contributed by atoms with Crippen LogP contribution >= 0.6 is 11.6 Å². The minimum Gasteiger partial charge on any atom is -0.377 e. The number of rotatable bonds is 3. The molecule has 18 heavy (non-hydrogen) atoms. The number of anilines is 1. The first kappa shape index (κ1) is 13.5. The van der Waals surface area contributed by atoms with E-state index >= 15 is 0 Å². The van der Waals surface area contributed by atoms with Gasteiger partial charge in [-0.2, -0.15) is 0 Å². The van der Waals surface area contributed by atoms with Gasteiger partial charge in [0.25, 0.3) is 0 Å². The minimum atomic E-state index is 0.386. The zero-order chi connectivity index (χ0) is 13.1. The molecular formula is C12H19ClN4O. The van der Waals surface area contributed by atoms with E-state index in [4.69, 9.17) is 16.3 Å². The molecule has 100 valence electrons. The van der Waals surface area contributed by atoms with Crippen molar-refractivity contribution in [2.45, 2.75) is 19.6 Å².